The fourth-order valence-corrected chi connectivity index (χ4v) is 3.01. The third kappa shape index (κ3) is 4.49. The van der Waals surface area contributed by atoms with Crippen LogP contribution in [0.4, 0.5) is 4.79 Å². The Hall–Kier alpha value is -2.21. The van der Waals surface area contributed by atoms with Crippen molar-refractivity contribution in [3.05, 3.63) is 35.4 Å². The number of amides is 4. The van der Waals surface area contributed by atoms with Crippen LogP contribution < -0.4 is 4.90 Å². The summed E-state index contributed by atoms with van der Waals surface area (Å²) >= 11 is 0. The highest BCUT2D eigenvalue weighted by Gasteiger charge is 2.45. The van der Waals surface area contributed by atoms with Crippen molar-refractivity contribution < 1.29 is 19.3 Å². The van der Waals surface area contributed by atoms with Crippen molar-refractivity contribution in [1.29, 1.82) is 0 Å². The number of carbonyl (C=O) groups excluding carboxylic acids is 3. The van der Waals surface area contributed by atoms with Gasteiger partial charge in [0.2, 0.25) is 0 Å². The second-order valence-electron chi connectivity index (χ2n) is 8.56. The predicted octanol–water partition coefficient (Wildman–Crippen LogP) is 1.40. The van der Waals surface area contributed by atoms with Crippen LogP contribution in [0, 0.1) is 5.92 Å². The lowest BCUT2D eigenvalue weighted by Crippen LogP contribution is -3.09. The molecule has 6 nitrogen and oxygen atoms in total. The Kier molecular flexibility index (Phi) is 5.86. The van der Waals surface area contributed by atoms with Crippen molar-refractivity contribution >= 4 is 17.8 Å². The molecule has 1 saturated heterocycles. The summed E-state index contributed by atoms with van der Waals surface area (Å²) in [5, 5.41) is 0. The number of nitrogens with zero attached hydrogens (tertiary/aromatic N) is 2. The molecule has 1 aliphatic heterocycles. The Balaban J connectivity index is 2.01. The zero-order valence-corrected chi connectivity index (χ0v) is 16.6. The van der Waals surface area contributed by atoms with Gasteiger partial charge >= 0.3 is 17.8 Å². The van der Waals surface area contributed by atoms with E-state index in [9.17, 15) is 14.4 Å². The van der Waals surface area contributed by atoms with E-state index >= 15 is 0 Å². The molecule has 0 aliphatic carbocycles. The molecular formula is C20H30N3O3+. The number of hydrogen-bond donors (Lipinski definition) is 1. The van der Waals surface area contributed by atoms with E-state index in [1.54, 1.807) is 0 Å². The molecule has 0 saturated carbocycles. The highest BCUT2D eigenvalue weighted by molar-refractivity contribution is 6.44. The molecule has 1 heterocycles. The van der Waals surface area contributed by atoms with Crippen LogP contribution in [0.1, 0.15) is 45.7 Å². The topological polar surface area (TPSA) is 62.1 Å². The van der Waals surface area contributed by atoms with Gasteiger partial charge in [0.15, 0.2) is 6.67 Å². The highest BCUT2D eigenvalue weighted by Crippen LogP contribution is 2.22. The van der Waals surface area contributed by atoms with E-state index in [2.05, 4.69) is 45.0 Å². The molecule has 1 N–H and O–H groups in total. The fraction of sp³-hybridized carbons (Fsp3) is 0.550. The Labute approximate surface area is 155 Å². The van der Waals surface area contributed by atoms with Crippen molar-refractivity contribution in [2.45, 2.75) is 46.6 Å². The first-order valence-corrected chi connectivity index (χ1v) is 9.08. The lowest BCUT2D eigenvalue weighted by Gasteiger charge is -2.22. The summed E-state index contributed by atoms with van der Waals surface area (Å²) in [5.74, 6) is -1.31. The predicted molar refractivity (Wildman–Crippen MR) is 99.4 cm³/mol. The third-order valence-electron chi connectivity index (χ3n) is 4.44. The molecule has 1 fully saturated rings. The molecule has 1 atom stereocenters. The van der Waals surface area contributed by atoms with E-state index in [0.29, 0.717) is 6.54 Å². The second-order valence-corrected chi connectivity index (χ2v) is 8.56. The SMILES string of the molecule is CC(C)CN1C(=O)C(=O)N(C[NH+](C)Cc2ccc(C(C)(C)C)cc2)C1=O. The summed E-state index contributed by atoms with van der Waals surface area (Å²) in [6, 6.07) is 7.88. The van der Waals surface area contributed by atoms with Gasteiger partial charge in [-0.1, -0.05) is 58.9 Å². The maximum absolute atomic E-state index is 12.4. The number of quaternary nitrogens is 1. The largest absolute Gasteiger partial charge is 0.338 e. The summed E-state index contributed by atoms with van der Waals surface area (Å²) in [6.07, 6.45) is 0. The van der Waals surface area contributed by atoms with Gasteiger partial charge in [-0.3, -0.25) is 14.5 Å². The van der Waals surface area contributed by atoms with Crippen molar-refractivity contribution in [2.24, 2.45) is 5.92 Å². The summed E-state index contributed by atoms with van der Waals surface area (Å²) in [7, 11) is 1.91. The normalized spacial score (nSPS) is 16.8. The number of hydrogen-bond acceptors (Lipinski definition) is 3. The molecule has 0 spiro atoms. The van der Waals surface area contributed by atoms with E-state index in [-0.39, 0.29) is 24.5 Å². The number of nitrogens with one attached hydrogen (secondary N) is 1. The summed E-state index contributed by atoms with van der Waals surface area (Å²) < 4.78 is 0. The van der Waals surface area contributed by atoms with Crippen molar-refractivity contribution in [3.63, 3.8) is 0 Å². The fourth-order valence-electron chi connectivity index (χ4n) is 3.01. The van der Waals surface area contributed by atoms with Crippen molar-refractivity contribution in [2.75, 3.05) is 20.3 Å². The highest BCUT2D eigenvalue weighted by atomic mass is 16.2. The van der Waals surface area contributed by atoms with Crippen molar-refractivity contribution in [1.82, 2.24) is 9.80 Å². The van der Waals surface area contributed by atoms with Crippen LogP contribution in [-0.2, 0) is 21.5 Å². The molecule has 142 valence electrons. The molecule has 6 heteroatoms. The average Bonchev–Trinajstić information content (AvgIpc) is 2.72. The van der Waals surface area contributed by atoms with Crippen LogP contribution in [0.3, 0.4) is 0 Å². The maximum Gasteiger partial charge on any atom is 0.338 e. The molecule has 1 aromatic rings. The lowest BCUT2D eigenvalue weighted by atomic mass is 9.87. The zero-order valence-electron chi connectivity index (χ0n) is 16.6. The van der Waals surface area contributed by atoms with Gasteiger partial charge in [0.05, 0.1) is 7.05 Å². The molecule has 26 heavy (non-hydrogen) atoms. The summed E-state index contributed by atoms with van der Waals surface area (Å²) in [4.78, 5) is 39.7. The number of rotatable bonds is 6. The Morgan fingerprint density at radius 2 is 1.50 bits per heavy atom. The number of carbonyl (C=O) groups is 3. The standard InChI is InChI=1S/C20H29N3O3/c1-14(2)11-22-17(24)18(25)23(19(22)26)13-21(6)12-15-7-9-16(10-8-15)20(3,4)5/h7-10,14H,11-13H2,1-6H3/p+1. The first-order chi connectivity index (χ1) is 12.0. The molecule has 2 rings (SSSR count). The first kappa shape index (κ1) is 20.1. The van der Waals surface area contributed by atoms with Gasteiger partial charge in [0.25, 0.3) is 0 Å². The Morgan fingerprint density at radius 3 is 2.00 bits per heavy atom. The van der Waals surface area contributed by atoms with Crippen LogP contribution in [0.25, 0.3) is 0 Å². The van der Waals surface area contributed by atoms with Gasteiger partial charge in [0, 0.05) is 12.1 Å². The van der Waals surface area contributed by atoms with Gasteiger partial charge in [0.1, 0.15) is 6.54 Å². The molecule has 0 aromatic heterocycles. The Bertz CT molecular complexity index is 689. The Morgan fingerprint density at radius 1 is 0.962 bits per heavy atom. The third-order valence-corrected chi connectivity index (χ3v) is 4.44. The minimum Gasteiger partial charge on any atom is -0.316 e. The van der Waals surface area contributed by atoms with Gasteiger partial charge in [-0.25, -0.2) is 9.69 Å². The quantitative estimate of drug-likeness (QED) is 0.616. The number of benzene rings is 1. The maximum atomic E-state index is 12.4. The van der Waals surface area contributed by atoms with Crippen LogP contribution in [-0.4, -0.2) is 47.9 Å². The molecule has 4 amide bonds. The number of urea groups is 1. The van der Waals surface area contributed by atoms with Crippen molar-refractivity contribution in [3.8, 4) is 0 Å². The lowest BCUT2D eigenvalue weighted by molar-refractivity contribution is -0.901. The molecule has 1 aromatic carbocycles. The van der Waals surface area contributed by atoms with E-state index in [4.69, 9.17) is 0 Å². The summed E-state index contributed by atoms with van der Waals surface area (Å²) in [5.41, 5.74) is 2.49. The molecule has 1 unspecified atom stereocenters. The average molecular weight is 360 g/mol. The smallest absolute Gasteiger partial charge is 0.316 e. The minimum atomic E-state index is -0.724. The van der Waals surface area contributed by atoms with E-state index in [1.165, 1.54) is 5.56 Å². The van der Waals surface area contributed by atoms with E-state index in [0.717, 1.165) is 20.3 Å². The van der Waals surface area contributed by atoms with Crippen LogP contribution in [0.5, 0.6) is 0 Å². The molecule has 0 bridgehead atoms. The van der Waals surface area contributed by atoms with Crippen LogP contribution >= 0.6 is 0 Å². The zero-order chi connectivity index (χ0) is 19.6. The van der Waals surface area contributed by atoms with Crippen LogP contribution in [0.15, 0.2) is 24.3 Å². The van der Waals surface area contributed by atoms with Crippen LogP contribution in [0.2, 0.25) is 0 Å². The van der Waals surface area contributed by atoms with Gasteiger partial charge < -0.3 is 4.90 Å². The second kappa shape index (κ2) is 7.58. The van der Waals surface area contributed by atoms with E-state index < -0.39 is 17.8 Å². The monoisotopic (exact) mass is 360 g/mol. The first-order valence-electron chi connectivity index (χ1n) is 9.08. The van der Waals surface area contributed by atoms with E-state index in [1.807, 2.05) is 20.9 Å². The minimum absolute atomic E-state index is 0.103. The summed E-state index contributed by atoms with van der Waals surface area (Å²) in [6.45, 7) is 11.4. The van der Waals surface area contributed by atoms with Gasteiger partial charge in [-0.15, -0.1) is 0 Å². The molecule has 0 radical (unpaired) electrons. The molecular weight excluding hydrogens is 330 g/mol. The molecule has 1 aliphatic rings. The number of imide groups is 2. The van der Waals surface area contributed by atoms with Gasteiger partial charge in [-0.2, -0.15) is 0 Å². The van der Waals surface area contributed by atoms with Gasteiger partial charge in [-0.05, 0) is 16.9 Å².